The number of nitrogens with zero attached hydrogens (tertiary/aromatic N) is 1. The molecule has 4 aliphatic rings. The van der Waals surface area contributed by atoms with Gasteiger partial charge in [-0.05, 0) is 79.4 Å². The number of hydrogen-bond acceptors (Lipinski definition) is 4. The lowest BCUT2D eigenvalue weighted by atomic mass is 9.72. The Morgan fingerprint density at radius 3 is 2.80 bits per heavy atom. The van der Waals surface area contributed by atoms with Gasteiger partial charge in [-0.1, -0.05) is 60.7 Å². The number of allylic oxidation sites excluding steroid dienone is 4. The zero-order valence-electron chi connectivity index (χ0n) is 20.0. The Balaban J connectivity index is 1.33. The van der Waals surface area contributed by atoms with Crippen LogP contribution >= 0.6 is 11.8 Å². The van der Waals surface area contributed by atoms with Gasteiger partial charge in [-0.2, -0.15) is 8.42 Å². The molecule has 1 spiro atoms. The molecule has 4 nitrogen and oxygen atoms in total. The average Bonchev–Trinajstić information content (AvgIpc) is 3.59. The monoisotopic (exact) mass is 505 g/mol. The van der Waals surface area contributed by atoms with E-state index in [-0.39, 0.29) is 5.75 Å². The van der Waals surface area contributed by atoms with E-state index >= 15 is 0 Å². The summed E-state index contributed by atoms with van der Waals surface area (Å²) in [5.74, 6) is 1.22. The molecule has 182 valence electrons. The summed E-state index contributed by atoms with van der Waals surface area (Å²) in [4.78, 5) is 5.01. The molecule has 3 unspecified atom stereocenters. The predicted octanol–water partition coefficient (Wildman–Crippen LogP) is 6.82. The van der Waals surface area contributed by atoms with Gasteiger partial charge in [0.25, 0.3) is 10.1 Å². The lowest BCUT2D eigenvalue weighted by Gasteiger charge is -2.32. The highest BCUT2D eigenvalue weighted by atomic mass is 32.2. The average molecular weight is 506 g/mol. The van der Waals surface area contributed by atoms with Crippen molar-refractivity contribution in [3.8, 4) is 0 Å². The first kappa shape index (κ1) is 23.1. The first-order chi connectivity index (χ1) is 16.9. The highest BCUT2D eigenvalue weighted by Gasteiger charge is 2.62. The molecule has 2 aliphatic carbocycles. The van der Waals surface area contributed by atoms with Crippen molar-refractivity contribution >= 4 is 33.1 Å². The van der Waals surface area contributed by atoms with E-state index < -0.39 is 10.1 Å². The van der Waals surface area contributed by atoms with E-state index in [4.69, 9.17) is 4.55 Å². The van der Waals surface area contributed by atoms with Crippen molar-refractivity contribution in [2.24, 2.45) is 11.8 Å². The fraction of sp³-hybridized carbons (Fsp3) is 0.379. The van der Waals surface area contributed by atoms with Gasteiger partial charge in [0.1, 0.15) is 0 Å². The van der Waals surface area contributed by atoms with Crippen LogP contribution in [0.15, 0.2) is 82.3 Å². The van der Waals surface area contributed by atoms with Crippen LogP contribution < -0.4 is 4.90 Å². The van der Waals surface area contributed by atoms with Crippen molar-refractivity contribution in [1.29, 1.82) is 0 Å². The maximum atomic E-state index is 11.0. The molecule has 0 amide bonds. The molecular weight excluding hydrogens is 474 g/mol. The standard InChI is InChI=1S/C29H31NO3S2/c1-20-23-13-12-22-19-29(20,22)25-9-3-5-11-27(25)34-28(23)18-21-14-16-30(15-6-7-17-35(31,32)33)26-10-4-2-8-24(21)26/h2-5,8-11,14,16,18,20,22H,6-7,12-13,15,17,19H2,1H3,(H,31,32,33)/b21-18+. The molecule has 1 N–H and O–H groups in total. The van der Waals surface area contributed by atoms with Gasteiger partial charge in [0.05, 0.1) is 5.75 Å². The maximum absolute atomic E-state index is 11.0. The van der Waals surface area contributed by atoms with Crippen molar-refractivity contribution in [3.63, 3.8) is 0 Å². The number of fused-ring (bicyclic) bond motifs is 3. The second-order valence-electron chi connectivity index (χ2n) is 10.3. The van der Waals surface area contributed by atoms with Crippen LogP contribution in [0.25, 0.3) is 5.57 Å². The Morgan fingerprint density at radius 1 is 1.14 bits per heavy atom. The number of hydrogen-bond donors (Lipinski definition) is 1. The molecule has 2 bridgehead atoms. The molecule has 2 aliphatic heterocycles. The summed E-state index contributed by atoms with van der Waals surface area (Å²) in [5, 5.41) is 0. The number of thioether (sulfide) groups is 1. The van der Waals surface area contributed by atoms with Gasteiger partial charge in [-0.3, -0.25) is 4.55 Å². The third-order valence-electron chi connectivity index (χ3n) is 8.43. The van der Waals surface area contributed by atoms with Crippen LogP contribution in [-0.4, -0.2) is 25.3 Å². The summed E-state index contributed by atoms with van der Waals surface area (Å²) in [5.41, 5.74) is 7.10. The molecule has 3 atom stereocenters. The van der Waals surface area contributed by atoms with Crippen LogP contribution in [0.1, 0.15) is 50.2 Å². The zero-order chi connectivity index (χ0) is 24.2. The number of benzene rings is 2. The van der Waals surface area contributed by atoms with Gasteiger partial charge in [0.2, 0.25) is 0 Å². The number of para-hydroxylation sites is 1. The number of anilines is 1. The van der Waals surface area contributed by atoms with Crippen LogP contribution in [0.4, 0.5) is 5.69 Å². The largest absolute Gasteiger partial charge is 0.347 e. The molecule has 2 aromatic carbocycles. The first-order valence-electron chi connectivity index (χ1n) is 12.6. The Hall–Kier alpha value is -2.28. The van der Waals surface area contributed by atoms with Gasteiger partial charge < -0.3 is 4.90 Å². The van der Waals surface area contributed by atoms with Gasteiger partial charge in [-0.15, -0.1) is 0 Å². The van der Waals surface area contributed by atoms with Crippen molar-refractivity contribution < 1.29 is 13.0 Å². The third-order valence-corrected chi connectivity index (χ3v) is 10.4. The van der Waals surface area contributed by atoms with E-state index in [0.29, 0.717) is 30.7 Å². The summed E-state index contributed by atoms with van der Waals surface area (Å²) in [6.07, 6.45) is 11.7. The fourth-order valence-electron chi connectivity index (χ4n) is 6.58. The zero-order valence-corrected chi connectivity index (χ0v) is 21.6. The van der Waals surface area contributed by atoms with Crippen LogP contribution in [0.3, 0.4) is 0 Å². The van der Waals surface area contributed by atoms with Gasteiger partial charge in [0, 0.05) is 39.2 Å². The topological polar surface area (TPSA) is 57.6 Å². The summed E-state index contributed by atoms with van der Waals surface area (Å²) in [7, 11) is -3.90. The molecule has 2 saturated carbocycles. The fourth-order valence-corrected chi connectivity index (χ4v) is 8.50. The Kier molecular flexibility index (Phi) is 5.74. The highest BCUT2D eigenvalue weighted by Crippen LogP contribution is 2.69. The SMILES string of the molecule is CC1C2=C(/C=C3\C=CN(CCCCS(=O)(=O)O)c4ccccc43)Sc3ccccc3C13CC3CC2. The molecule has 6 heteroatoms. The van der Waals surface area contributed by atoms with Gasteiger partial charge in [0.15, 0.2) is 0 Å². The summed E-state index contributed by atoms with van der Waals surface area (Å²) in [6, 6.07) is 17.5. The van der Waals surface area contributed by atoms with Gasteiger partial charge in [-0.25, -0.2) is 0 Å². The van der Waals surface area contributed by atoms with Crippen molar-refractivity contribution in [2.75, 3.05) is 17.2 Å². The lowest BCUT2D eigenvalue weighted by Crippen LogP contribution is -2.26. The predicted molar refractivity (Wildman–Crippen MR) is 144 cm³/mol. The van der Waals surface area contributed by atoms with E-state index in [1.165, 1.54) is 40.2 Å². The second kappa shape index (κ2) is 8.68. The third kappa shape index (κ3) is 4.09. The van der Waals surface area contributed by atoms with Crippen LogP contribution in [0.5, 0.6) is 0 Å². The second-order valence-corrected chi connectivity index (χ2v) is 13.0. The van der Waals surface area contributed by atoms with Crippen LogP contribution in [0.2, 0.25) is 0 Å². The number of rotatable bonds is 6. The molecule has 2 heterocycles. The molecule has 2 fully saturated rings. The Labute approximate surface area is 212 Å². The minimum absolute atomic E-state index is 0.187. The maximum Gasteiger partial charge on any atom is 0.264 e. The smallest absolute Gasteiger partial charge is 0.264 e. The normalized spacial score (nSPS) is 27.8. The molecule has 0 radical (unpaired) electrons. The van der Waals surface area contributed by atoms with Crippen LogP contribution in [-0.2, 0) is 15.5 Å². The number of unbranched alkanes of at least 4 members (excludes halogenated alkanes) is 1. The molecule has 2 aromatic rings. The van der Waals surface area contributed by atoms with E-state index in [2.05, 4.69) is 78.7 Å². The highest BCUT2D eigenvalue weighted by molar-refractivity contribution is 8.03. The quantitative estimate of drug-likeness (QED) is 0.345. The summed E-state index contributed by atoms with van der Waals surface area (Å²) < 4.78 is 31.1. The van der Waals surface area contributed by atoms with Gasteiger partial charge >= 0.3 is 0 Å². The lowest BCUT2D eigenvalue weighted by molar-refractivity contribution is 0.391. The van der Waals surface area contributed by atoms with E-state index in [1.54, 1.807) is 11.1 Å². The van der Waals surface area contributed by atoms with E-state index in [1.807, 2.05) is 11.8 Å². The Bertz CT molecular complexity index is 1370. The van der Waals surface area contributed by atoms with Crippen molar-refractivity contribution in [2.45, 2.75) is 49.3 Å². The summed E-state index contributed by atoms with van der Waals surface area (Å²) in [6.45, 7) is 3.17. The molecule has 0 saturated heterocycles. The molecule has 0 aromatic heterocycles. The Morgan fingerprint density at radius 2 is 1.94 bits per heavy atom. The molecule has 35 heavy (non-hydrogen) atoms. The summed E-state index contributed by atoms with van der Waals surface area (Å²) >= 11 is 1.95. The first-order valence-corrected chi connectivity index (χ1v) is 15.0. The minimum atomic E-state index is -3.90. The molecular formula is C29H31NO3S2. The van der Waals surface area contributed by atoms with E-state index in [0.717, 1.165) is 11.6 Å². The molecule has 6 rings (SSSR count). The van der Waals surface area contributed by atoms with Crippen LogP contribution in [0, 0.1) is 11.8 Å². The van der Waals surface area contributed by atoms with Crippen molar-refractivity contribution in [3.05, 3.63) is 88.5 Å². The van der Waals surface area contributed by atoms with E-state index in [9.17, 15) is 8.42 Å². The van der Waals surface area contributed by atoms with Crippen molar-refractivity contribution in [1.82, 2.24) is 0 Å². The minimum Gasteiger partial charge on any atom is -0.347 e.